The first-order valence-electron chi connectivity index (χ1n) is 4.36. The molecule has 0 rings (SSSR count). The molecule has 0 fully saturated rings. The minimum Gasteiger partial charge on any atom is -0.383 e. The molecule has 4 nitrogen and oxygen atoms in total. The monoisotopic (exact) mass is 174 g/mol. The van der Waals surface area contributed by atoms with Crippen molar-refractivity contribution in [3.05, 3.63) is 0 Å². The standard InChI is InChI=1S/C8H18N2O2/c1-2-10-6-4-3-5-7(11)8(9)12/h7,10-11H,2-6H2,1H3,(H2,9,12)/t7-/m0/s1. The number of hydrogen-bond acceptors (Lipinski definition) is 3. The predicted molar refractivity (Wildman–Crippen MR) is 47.6 cm³/mol. The molecule has 0 saturated carbocycles. The molecule has 0 radical (unpaired) electrons. The van der Waals surface area contributed by atoms with Crippen LogP contribution < -0.4 is 11.1 Å². The SMILES string of the molecule is CCNCCCC[C@H](O)C(N)=O. The van der Waals surface area contributed by atoms with Crippen molar-refractivity contribution in [1.82, 2.24) is 5.32 Å². The maximum atomic E-state index is 10.4. The van der Waals surface area contributed by atoms with Crippen LogP contribution in [0.4, 0.5) is 0 Å². The number of hydrogen-bond donors (Lipinski definition) is 3. The molecule has 0 heterocycles. The van der Waals surface area contributed by atoms with Crippen molar-refractivity contribution >= 4 is 5.91 Å². The summed E-state index contributed by atoms with van der Waals surface area (Å²) in [5.41, 5.74) is 4.87. The Balaban J connectivity index is 3.14. The topological polar surface area (TPSA) is 75.3 Å². The third kappa shape index (κ3) is 6.12. The van der Waals surface area contributed by atoms with E-state index in [9.17, 15) is 4.79 Å². The zero-order valence-electron chi connectivity index (χ0n) is 7.55. The summed E-state index contributed by atoms with van der Waals surface area (Å²) in [5.74, 6) is -0.626. The molecule has 1 atom stereocenters. The molecule has 0 aliphatic heterocycles. The van der Waals surface area contributed by atoms with Crippen LogP contribution in [0.5, 0.6) is 0 Å². The van der Waals surface area contributed by atoms with E-state index in [0.717, 1.165) is 25.9 Å². The normalized spacial score (nSPS) is 12.8. The fraction of sp³-hybridized carbons (Fsp3) is 0.875. The Labute approximate surface area is 73.1 Å². The maximum absolute atomic E-state index is 10.4. The van der Waals surface area contributed by atoms with E-state index in [2.05, 4.69) is 5.32 Å². The molecular weight excluding hydrogens is 156 g/mol. The van der Waals surface area contributed by atoms with E-state index >= 15 is 0 Å². The van der Waals surface area contributed by atoms with Gasteiger partial charge in [-0.3, -0.25) is 4.79 Å². The summed E-state index contributed by atoms with van der Waals surface area (Å²) in [6, 6.07) is 0. The van der Waals surface area contributed by atoms with Gasteiger partial charge in [-0.2, -0.15) is 0 Å². The van der Waals surface area contributed by atoms with Gasteiger partial charge in [0.15, 0.2) is 0 Å². The highest BCUT2D eigenvalue weighted by molar-refractivity contribution is 5.78. The average molecular weight is 174 g/mol. The van der Waals surface area contributed by atoms with Crippen molar-refractivity contribution in [3.8, 4) is 0 Å². The number of carbonyl (C=O) groups excluding carboxylic acids is 1. The molecule has 0 bridgehead atoms. The first-order chi connectivity index (χ1) is 5.68. The zero-order chi connectivity index (χ0) is 9.40. The second kappa shape index (κ2) is 7.06. The van der Waals surface area contributed by atoms with Gasteiger partial charge in [-0.1, -0.05) is 6.92 Å². The van der Waals surface area contributed by atoms with Gasteiger partial charge in [0.05, 0.1) is 0 Å². The Kier molecular flexibility index (Phi) is 6.70. The smallest absolute Gasteiger partial charge is 0.246 e. The number of unbranched alkanes of at least 4 members (excludes halogenated alkanes) is 1. The summed E-state index contributed by atoms with van der Waals surface area (Å²) in [6.07, 6.45) is 1.31. The first kappa shape index (κ1) is 11.4. The fourth-order valence-electron chi connectivity index (χ4n) is 0.907. The lowest BCUT2D eigenvalue weighted by Crippen LogP contribution is -2.28. The highest BCUT2D eigenvalue weighted by atomic mass is 16.3. The van der Waals surface area contributed by atoms with Gasteiger partial charge in [0.25, 0.3) is 0 Å². The van der Waals surface area contributed by atoms with Crippen molar-refractivity contribution in [1.29, 1.82) is 0 Å². The summed E-state index contributed by atoms with van der Waals surface area (Å²) < 4.78 is 0. The Morgan fingerprint density at radius 1 is 1.58 bits per heavy atom. The Hall–Kier alpha value is -0.610. The maximum Gasteiger partial charge on any atom is 0.246 e. The number of nitrogens with two attached hydrogens (primary N) is 1. The summed E-state index contributed by atoms with van der Waals surface area (Å²) in [5, 5.41) is 12.1. The number of aliphatic hydroxyl groups is 1. The molecule has 4 N–H and O–H groups in total. The highest BCUT2D eigenvalue weighted by Crippen LogP contribution is 1.98. The second-order valence-electron chi connectivity index (χ2n) is 2.77. The first-order valence-corrected chi connectivity index (χ1v) is 4.36. The molecule has 12 heavy (non-hydrogen) atoms. The molecule has 0 spiro atoms. The zero-order valence-corrected chi connectivity index (χ0v) is 7.55. The van der Waals surface area contributed by atoms with E-state index in [1.54, 1.807) is 0 Å². The van der Waals surface area contributed by atoms with Gasteiger partial charge in [0.2, 0.25) is 5.91 Å². The summed E-state index contributed by atoms with van der Waals surface area (Å²) >= 11 is 0. The third-order valence-corrected chi connectivity index (χ3v) is 1.66. The molecule has 0 aromatic heterocycles. The van der Waals surface area contributed by atoms with Crippen LogP contribution in [0, 0.1) is 0 Å². The lowest BCUT2D eigenvalue weighted by molar-refractivity contribution is -0.126. The van der Waals surface area contributed by atoms with E-state index in [1.807, 2.05) is 6.92 Å². The van der Waals surface area contributed by atoms with Crippen LogP contribution in [-0.2, 0) is 4.79 Å². The van der Waals surface area contributed by atoms with E-state index in [-0.39, 0.29) is 0 Å². The molecule has 72 valence electrons. The summed E-state index contributed by atoms with van der Waals surface area (Å²) in [6.45, 7) is 3.93. The van der Waals surface area contributed by atoms with E-state index in [0.29, 0.717) is 6.42 Å². The summed E-state index contributed by atoms with van der Waals surface area (Å²) in [7, 11) is 0. The minimum absolute atomic E-state index is 0.473. The lowest BCUT2D eigenvalue weighted by atomic mass is 10.1. The van der Waals surface area contributed by atoms with Gasteiger partial charge in [-0.05, 0) is 32.4 Å². The van der Waals surface area contributed by atoms with Crippen LogP contribution >= 0.6 is 0 Å². The van der Waals surface area contributed by atoms with Crippen LogP contribution in [0.3, 0.4) is 0 Å². The van der Waals surface area contributed by atoms with Crippen molar-refractivity contribution in [2.45, 2.75) is 32.3 Å². The van der Waals surface area contributed by atoms with Gasteiger partial charge in [0.1, 0.15) is 6.10 Å². The van der Waals surface area contributed by atoms with Crippen molar-refractivity contribution in [2.75, 3.05) is 13.1 Å². The number of aliphatic hydroxyl groups excluding tert-OH is 1. The predicted octanol–water partition coefficient (Wildman–Crippen LogP) is -0.388. The van der Waals surface area contributed by atoms with E-state index < -0.39 is 12.0 Å². The van der Waals surface area contributed by atoms with Gasteiger partial charge in [-0.25, -0.2) is 0 Å². The van der Waals surface area contributed by atoms with Crippen LogP contribution in [-0.4, -0.2) is 30.2 Å². The van der Waals surface area contributed by atoms with Gasteiger partial charge >= 0.3 is 0 Å². The third-order valence-electron chi connectivity index (χ3n) is 1.66. The molecule has 1 amide bonds. The molecule has 0 aromatic rings. The van der Waals surface area contributed by atoms with Crippen LogP contribution in [0.25, 0.3) is 0 Å². The molecular formula is C8H18N2O2. The second-order valence-corrected chi connectivity index (χ2v) is 2.77. The number of amides is 1. The average Bonchev–Trinajstić information content (AvgIpc) is 2.03. The number of carbonyl (C=O) groups is 1. The van der Waals surface area contributed by atoms with Crippen molar-refractivity contribution in [3.63, 3.8) is 0 Å². The lowest BCUT2D eigenvalue weighted by Gasteiger charge is -2.05. The van der Waals surface area contributed by atoms with E-state index in [1.165, 1.54) is 0 Å². The van der Waals surface area contributed by atoms with E-state index in [4.69, 9.17) is 10.8 Å². The van der Waals surface area contributed by atoms with Gasteiger partial charge in [-0.15, -0.1) is 0 Å². The fourth-order valence-corrected chi connectivity index (χ4v) is 0.907. The molecule has 0 saturated heterocycles. The van der Waals surface area contributed by atoms with Crippen LogP contribution in [0.15, 0.2) is 0 Å². The van der Waals surface area contributed by atoms with Crippen LogP contribution in [0.1, 0.15) is 26.2 Å². The molecule has 0 aliphatic carbocycles. The highest BCUT2D eigenvalue weighted by Gasteiger charge is 2.08. The Morgan fingerprint density at radius 2 is 2.25 bits per heavy atom. The minimum atomic E-state index is -0.966. The van der Waals surface area contributed by atoms with Crippen molar-refractivity contribution in [2.24, 2.45) is 5.73 Å². The number of nitrogens with one attached hydrogen (secondary N) is 1. The van der Waals surface area contributed by atoms with Gasteiger partial charge < -0.3 is 16.2 Å². The Morgan fingerprint density at radius 3 is 2.75 bits per heavy atom. The summed E-state index contributed by atoms with van der Waals surface area (Å²) in [4.78, 5) is 10.4. The largest absolute Gasteiger partial charge is 0.383 e. The van der Waals surface area contributed by atoms with Crippen LogP contribution in [0.2, 0.25) is 0 Å². The Bertz CT molecular complexity index is 128. The molecule has 0 aliphatic rings. The number of primary amides is 1. The molecule has 0 unspecified atom stereocenters. The van der Waals surface area contributed by atoms with Crippen molar-refractivity contribution < 1.29 is 9.90 Å². The van der Waals surface area contributed by atoms with Gasteiger partial charge in [0, 0.05) is 0 Å². The number of rotatable bonds is 7. The molecule has 4 heteroatoms. The quantitative estimate of drug-likeness (QED) is 0.460. The molecule has 0 aromatic carbocycles.